The van der Waals surface area contributed by atoms with Crippen LogP contribution in [-0.4, -0.2) is 14.9 Å². The fraction of sp³-hybridized carbons (Fsp3) is 0. The SMILES string of the molecule is O=[N+]([O-])c1c(Nc2ccccc2)ncnc1Nc1ccc(F)cc1F. The van der Waals surface area contributed by atoms with Crippen molar-refractivity contribution >= 4 is 28.7 Å². The maximum Gasteiger partial charge on any atom is 0.353 e. The zero-order chi connectivity index (χ0) is 17.8. The van der Waals surface area contributed by atoms with Crippen LogP contribution in [0, 0.1) is 21.7 Å². The topological polar surface area (TPSA) is 93.0 Å². The van der Waals surface area contributed by atoms with E-state index in [0.717, 1.165) is 18.5 Å². The average molecular weight is 343 g/mol. The second kappa shape index (κ2) is 6.87. The number of rotatable bonds is 5. The van der Waals surface area contributed by atoms with Gasteiger partial charge in [-0.05, 0) is 24.3 Å². The van der Waals surface area contributed by atoms with Gasteiger partial charge in [0.05, 0.1) is 10.6 Å². The summed E-state index contributed by atoms with van der Waals surface area (Å²) in [6.45, 7) is 0. The van der Waals surface area contributed by atoms with Crippen molar-refractivity contribution in [2.45, 2.75) is 0 Å². The molecular formula is C16H11F2N5O2. The quantitative estimate of drug-likeness (QED) is 0.534. The third-order valence-electron chi connectivity index (χ3n) is 3.23. The van der Waals surface area contributed by atoms with Crippen LogP contribution in [0.2, 0.25) is 0 Å². The van der Waals surface area contributed by atoms with E-state index < -0.39 is 22.2 Å². The van der Waals surface area contributed by atoms with Gasteiger partial charge in [-0.2, -0.15) is 0 Å². The second-order valence-electron chi connectivity index (χ2n) is 4.92. The highest BCUT2D eigenvalue weighted by Gasteiger charge is 2.24. The van der Waals surface area contributed by atoms with Crippen LogP contribution in [0.5, 0.6) is 0 Å². The summed E-state index contributed by atoms with van der Waals surface area (Å²) < 4.78 is 26.8. The summed E-state index contributed by atoms with van der Waals surface area (Å²) in [5.74, 6) is -1.93. The predicted molar refractivity (Wildman–Crippen MR) is 88.1 cm³/mol. The molecule has 0 aliphatic carbocycles. The highest BCUT2D eigenvalue weighted by Crippen LogP contribution is 2.33. The van der Waals surface area contributed by atoms with Crippen LogP contribution in [-0.2, 0) is 0 Å². The molecule has 2 N–H and O–H groups in total. The summed E-state index contributed by atoms with van der Waals surface area (Å²) in [4.78, 5) is 18.4. The lowest BCUT2D eigenvalue weighted by Gasteiger charge is -2.10. The molecule has 0 radical (unpaired) electrons. The molecule has 9 heteroatoms. The highest BCUT2D eigenvalue weighted by atomic mass is 19.1. The van der Waals surface area contributed by atoms with Crippen LogP contribution in [0.3, 0.4) is 0 Å². The Morgan fingerprint density at radius 1 is 0.960 bits per heavy atom. The Hall–Kier alpha value is -3.62. The van der Waals surface area contributed by atoms with Crippen LogP contribution in [0.4, 0.5) is 37.5 Å². The smallest absolute Gasteiger partial charge is 0.334 e. The first-order valence-corrected chi connectivity index (χ1v) is 7.08. The van der Waals surface area contributed by atoms with Gasteiger partial charge in [-0.25, -0.2) is 18.7 Å². The maximum absolute atomic E-state index is 13.8. The van der Waals surface area contributed by atoms with Gasteiger partial charge in [-0.3, -0.25) is 10.1 Å². The molecule has 0 saturated carbocycles. The number of anilines is 4. The van der Waals surface area contributed by atoms with E-state index in [0.29, 0.717) is 11.8 Å². The Bertz CT molecular complexity index is 922. The highest BCUT2D eigenvalue weighted by molar-refractivity contribution is 5.76. The van der Waals surface area contributed by atoms with E-state index in [1.807, 2.05) is 0 Å². The molecule has 0 bridgehead atoms. The van der Waals surface area contributed by atoms with Gasteiger partial charge >= 0.3 is 5.69 Å². The number of hydrogen-bond donors (Lipinski definition) is 2. The van der Waals surface area contributed by atoms with Gasteiger partial charge in [-0.15, -0.1) is 0 Å². The van der Waals surface area contributed by atoms with Crippen molar-refractivity contribution in [1.82, 2.24) is 9.97 Å². The molecule has 0 atom stereocenters. The van der Waals surface area contributed by atoms with Gasteiger partial charge in [-0.1, -0.05) is 18.2 Å². The molecule has 2 aromatic carbocycles. The van der Waals surface area contributed by atoms with E-state index in [1.54, 1.807) is 30.3 Å². The molecule has 0 fully saturated rings. The molecule has 1 aromatic heterocycles. The van der Waals surface area contributed by atoms with E-state index in [2.05, 4.69) is 20.6 Å². The molecule has 0 spiro atoms. The number of nitrogens with zero attached hydrogens (tertiary/aromatic N) is 3. The first-order valence-electron chi connectivity index (χ1n) is 7.08. The van der Waals surface area contributed by atoms with Gasteiger partial charge in [0, 0.05) is 11.8 Å². The first kappa shape index (κ1) is 16.2. The Balaban J connectivity index is 1.99. The molecule has 0 amide bonds. The Morgan fingerprint density at radius 2 is 1.64 bits per heavy atom. The van der Waals surface area contributed by atoms with E-state index >= 15 is 0 Å². The van der Waals surface area contributed by atoms with Crippen LogP contribution >= 0.6 is 0 Å². The van der Waals surface area contributed by atoms with Crippen molar-refractivity contribution in [3.05, 3.63) is 76.6 Å². The van der Waals surface area contributed by atoms with Crippen molar-refractivity contribution in [2.24, 2.45) is 0 Å². The number of halogens is 2. The largest absolute Gasteiger partial charge is 0.353 e. The Labute approximate surface area is 140 Å². The number of nitrogens with one attached hydrogen (secondary N) is 2. The van der Waals surface area contributed by atoms with Gasteiger partial charge in [0.15, 0.2) is 0 Å². The summed E-state index contributed by atoms with van der Waals surface area (Å²) in [7, 11) is 0. The lowest BCUT2D eigenvalue weighted by atomic mass is 10.3. The van der Waals surface area contributed by atoms with Gasteiger partial charge in [0.1, 0.15) is 18.0 Å². The molecule has 0 aliphatic heterocycles. The molecule has 1 heterocycles. The Kier molecular flexibility index (Phi) is 4.46. The standard InChI is InChI=1S/C16H11F2N5O2/c17-10-6-7-13(12(18)8-10)22-16-14(23(24)25)15(19-9-20-16)21-11-4-2-1-3-5-11/h1-9H,(H2,19,20,21,22). The zero-order valence-corrected chi connectivity index (χ0v) is 12.6. The minimum absolute atomic E-state index is 0.0591. The van der Waals surface area contributed by atoms with Crippen molar-refractivity contribution in [2.75, 3.05) is 10.6 Å². The molecule has 0 aliphatic rings. The Morgan fingerprint density at radius 3 is 2.28 bits per heavy atom. The van der Waals surface area contributed by atoms with Gasteiger partial charge < -0.3 is 10.6 Å². The van der Waals surface area contributed by atoms with E-state index in [9.17, 15) is 18.9 Å². The lowest BCUT2D eigenvalue weighted by molar-refractivity contribution is -0.383. The van der Waals surface area contributed by atoms with Crippen LogP contribution < -0.4 is 10.6 Å². The molecule has 0 unspecified atom stereocenters. The molecule has 126 valence electrons. The van der Waals surface area contributed by atoms with Crippen molar-refractivity contribution < 1.29 is 13.7 Å². The van der Waals surface area contributed by atoms with Gasteiger partial charge in [0.25, 0.3) is 0 Å². The molecule has 0 saturated heterocycles. The van der Waals surface area contributed by atoms with E-state index in [-0.39, 0.29) is 17.3 Å². The maximum atomic E-state index is 13.8. The minimum Gasteiger partial charge on any atom is -0.334 e. The van der Waals surface area contributed by atoms with Crippen LogP contribution in [0.1, 0.15) is 0 Å². The minimum atomic E-state index is -0.898. The molecular weight excluding hydrogens is 332 g/mol. The number of aromatic nitrogens is 2. The van der Waals surface area contributed by atoms with E-state index in [1.165, 1.54) is 0 Å². The second-order valence-corrected chi connectivity index (χ2v) is 4.92. The fourth-order valence-corrected chi connectivity index (χ4v) is 2.11. The third kappa shape index (κ3) is 3.66. The van der Waals surface area contributed by atoms with Crippen molar-refractivity contribution in [1.29, 1.82) is 0 Å². The fourth-order valence-electron chi connectivity index (χ4n) is 2.11. The van der Waals surface area contributed by atoms with Crippen LogP contribution in [0.15, 0.2) is 54.9 Å². The molecule has 7 nitrogen and oxygen atoms in total. The third-order valence-corrected chi connectivity index (χ3v) is 3.23. The summed E-state index contributed by atoms with van der Waals surface area (Å²) >= 11 is 0. The normalized spacial score (nSPS) is 10.3. The summed E-state index contributed by atoms with van der Waals surface area (Å²) in [6, 6.07) is 11.5. The molecule has 25 heavy (non-hydrogen) atoms. The number of para-hydroxylation sites is 1. The first-order chi connectivity index (χ1) is 12.0. The van der Waals surface area contributed by atoms with Crippen molar-refractivity contribution in [3.63, 3.8) is 0 Å². The average Bonchev–Trinajstić information content (AvgIpc) is 2.58. The lowest BCUT2D eigenvalue weighted by Crippen LogP contribution is -2.06. The predicted octanol–water partition coefficient (Wildman–Crippen LogP) is 4.15. The monoisotopic (exact) mass is 343 g/mol. The number of hydrogen-bond acceptors (Lipinski definition) is 6. The van der Waals surface area contributed by atoms with Crippen molar-refractivity contribution in [3.8, 4) is 0 Å². The van der Waals surface area contributed by atoms with Crippen LogP contribution in [0.25, 0.3) is 0 Å². The summed E-state index contributed by atoms with van der Waals surface area (Å²) in [5, 5.41) is 16.8. The zero-order valence-electron chi connectivity index (χ0n) is 12.6. The molecule has 3 aromatic rings. The summed E-state index contributed by atoms with van der Waals surface area (Å²) in [6.07, 6.45) is 1.10. The molecule has 3 rings (SSSR count). The number of benzene rings is 2. The summed E-state index contributed by atoms with van der Waals surface area (Å²) in [5.41, 5.74) is -0.0212. The van der Waals surface area contributed by atoms with E-state index in [4.69, 9.17) is 0 Å². The van der Waals surface area contributed by atoms with Gasteiger partial charge in [0.2, 0.25) is 11.6 Å². The number of nitro groups is 1.